The number of methoxy groups -OCH3 is 1. The lowest BCUT2D eigenvalue weighted by molar-refractivity contribution is -0.138. The van der Waals surface area contributed by atoms with Gasteiger partial charge in [-0.1, -0.05) is 85.3 Å². The van der Waals surface area contributed by atoms with Crippen LogP contribution in [0.5, 0.6) is 0 Å². The summed E-state index contributed by atoms with van der Waals surface area (Å²) in [5.74, 6) is 0.983. The van der Waals surface area contributed by atoms with Crippen LogP contribution in [0.3, 0.4) is 0 Å². The molecule has 1 saturated carbocycles. The van der Waals surface area contributed by atoms with E-state index in [0.29, 0.717) is 24.5 Å². The summed E-state index contributed by atoms with van der Waals surface area (Å²) in [5.41, 5.74) is 6.38. The highest BCUT2D eigenvalue weighted by atomic mass is 16.5. The van der Waals surface area contributed by atoms with Gasteiger partial charge in [-0.15, -0.1) is 0 Å². The molecule has 5 atom stereocenters. The van der Waals surface area contributed by atoms with Gasteiger partial charge in [-0.25, -0.2) is 19.6 Å². The fourth-order valence-corrected chi connectivity index (χ4v) is 8.91. The van der Waals surface area contributed by atoms with E-state index in [4.69, 9.17) is 9.72 Å². The molecule has 4 amide bonds. The summed E-state index contributed by atoms with van der Waals surface area (Å²) in [4.78, 5) is 72.6. The molecule has 5 aromatic rings. The molecule has 0 bridgehead atoms. The van der Waals surface area contributed by atoms with Crippen molar-refractivity contribution in [3.8, 4) is 33.6 Å². The van der Waals surface area contributed by atoms with E-state index >= 15 is 0 Å². The van der Waals surface area contributed by atoms with Gasteiger partial charge in [0.05, 0.1) is 48.9 Å². The number of carbonyl (C=O) groups is 4. The van der Waals surface area contributed by atoms with E-state index in [1.54, 1.807) is 35.4 Å². The number of H-pyrrole nitrogens is 2. The zero-order valence-corrected chi connectivity index (χ0v) is 32.6. The van der Waals surface area contributed by atoms with E-state index in [2.05, 4.69) is 56.7 Å². The molecule has 3 aromatic carbocycles. The van der Waals surface area contributed by atoms with E-state index in [1.165, 1.54) is 14.2 Å². The summed E-state index contributed by atoms with van der Waals surface area (Å²) in [6.07, 6.45) is 7.57. The molecule has 8 rings (SSSR count). The number of benzene rings is 3. The van der Waals surface area contributed by atoms with Crippen LogP contribution in [0, 0.1) is 5.92 Å². The van der Waals surface area contributed by atoms with E-state index in [-0.39, 0.29) is 35.9 Å². The first-order valence-corrected chi connectivity index (χ1v) is 20.0. The zero-order valence-electron chi connectivity index (χ0n) is 32.6. The number of hydrogen-bond acceptors (Lipinski definition) is 7. The van der Waals surface area contributed by atoms with Crippen molar-refractivity contribution in [1.82, 2.24) is 40.0 Å². The van der Waals surface area contributed by atoms with Gasteiger partial charge in [0.2, 0.25) is 5.91 Å². The molecule has 14 heteroatoms. The van der Waals surface area contributed by atoms with Crippen molar-refractivity contribution in [2.75, 3.05) is 27.2 Å². The number of ether oxygens (including phenoxy) is 1. The van der Waals surface area contributed by atoms with Crippen molar-refractivity contribution < 1.29 is 29.0 Å². The third-order valence-electron chi connectivity index (χ3n) is 12.0. The van der Waals surface area contributed by atoms with Crippen molar-refractivity contribution in [3.63, 3.8) is 0 Å². The highest BCUT2D eigenvalue weighted by Gasteiger charge is 2.42. The van der Waals surface area contributed by atoms with Crippen molar-refractivity contribution >= 4 is 24.0 Å². The monoisotopic (exact) mass is 784 g/mol. The Kier molecular flexibility index (Phi) is 11.0. The number of aromatic nitrogens is 4. The predicted octanol–water partition coefficient (Wildman–Crippen LogP) is 7.34. The summed E-state index contributed by atoms with van der Waals surface area (Å²) in [6, 6.07) is 23.9. The third-order valence-corrected chi connectivity index (χ3v) is 12.0. The summed E-state index contributed by atoms with van der Waals surface area (Å²) in [6.45, 7) is 1.19. The molecule has 2 saturated heterocycles. The Bertz CT molecular complexity index is 2250. The average Bonchev–Trinajstić information content (AvgIpc) is 4.11. The SMILES string of the molecule is COC(=O)N[C@@H]1CCC[C@H]1C(=O)N1CCC[C@H]1c1ncc(-c2ccc(-c3ccc(-c4cnc([C@@H]5CCCN5C(=O)[C@@H](c5ccccc5)N(C)C(=O)O)[nH]4)cc3)cc2)[nH]1. The fourth-order valence-electron chi connectivity index (χ4n) is 8.91. The smallest absolute Gasteiger partial charge is 0.407 e. The molecule has 0 radical (unpaired) electrons. The molecule has 4 heterocycles. The molecule has 3 aliphatic rings. The van der Waals surface area contributed by atoms with Crippen LogP contribution >= 0.6 is 0 Å². The number of carbonyl (C=O) groups excluding carboxylic acids is 3. The van der Waals surface area contributed by atoms with Crippen molar-refractivity contribution in [2.45, 2.75) is 69.1 Å². The molecule has 2 aromatic heterocycles. The number of nitrogens with zero attached hydrogens (tertiary/aromatic N) is 5. The number of nitrogens with one attached hydrogen (secondary N) is 3. The first-order chi connectivity index (χ1) is 28.2. The highest BCUT2D eigenvalue weighted by Crippen LogP contribution is 2.38. The zero-order chi connectivity index (χ0) is 40.3. The Morgan fingerprint density at radius 3 is 1.83 bits per heavy atom. The second-order valence-corrected chi connectivity index (χ2v) is 15.4. The van der Waals surface area contributed by atoms with Crippen LogP contribution < -0.4 is 5.32 Å². The van der Waals surface area contributed by atoms with Gasteiger partial charge in [0.25, 0.3) is 5.91 Å². The molecule has 58 heavy (non-hydrogen) atoms. The summed E-state index contributed by atoms with van der Waals surface area (Å²) < 4.78 is 4.79. The van der Waals surface area contributed by atoms with Crippen molar-refractivity contribution in [3.05, 3.63) is 108 Å². The molecule has 0 spiro atoms. The van der Waals surface area contributed by atoms with Gasteiger partial charge in [0, 0.05) is 26.2 Å². The normalized spacial score (nSPS) is 20.9. The number of hydrogen-bond donors (Lipinski definition) is 4. The molecule has 0 unspecified atom stereocenters. The van der Waals surface area contributed by atoms with Gasteiger partial charge in [-0.05, 0) is 66.3 Å². The van der Waals surface area contributed by atoms with Crippen molar-refractivity contribution in [2.24, 2.45) is 5.92 Å². The standard InChI is InChI=1S/C44H48N8O6/c1-50(44(56)57)38(31-9-4-3-5-10-31)42(54)52-24-8-14-37(52)40-46-26-35(48-40)30-21-17-28(18-22-30)27-15-19-29(20-16-27)34-25-45-39(47-34)36-13-7-23-51(36)41(53)32-11-6-12-33(32)49-43(55)58-2/h3-5,9-10,15-22,25-26,32-33,36-38H,6-8,11-14,23-24H2,1-2H3,(H,45,47)(H,46,48)(H,49,55)(H,56,57)/t32-,33-,36+,37+,38-/m1/s1. The minimum Gasteiger partial charge on any atom is -0.465 e. The topological polar surface area (TPSA) is 177 Å². The van der Waals surface area contributed by atoms with Crippen LogP contribution in [-0.4, -0.2) is 97.0 Å². The minimum atomic E-state index is -1.17. The number of carboxylic acid groups (broad SMARTS) is 1. The summed E-state index contributed by atoms with van der Waals surface area (Å²) in [7, 11) is 2.77. The maximum Gasteiger partial charge on any atom is 0.407 e. The Labute approximate surface area is 336 Å². The number of aromatic amines is 2. The Morgan fingerprint density at radius 2 is 1.28 bits per heavy atom. The molecule has 3 fully saturated rings. The van der Waals surface area contributed by atoms with E-state index < -0.39 is 18.2 Å². The molecular weight excluding hydrogens is 737 g/mol. The van der Waals surface area contributed by atoms with Gasteiger partial charge in [0.15, 0.2) is 0 Å². The van der Waals surface area contributed by atoms with Crippen LogP contribution in [0.1, 0.15) is 80.3 Å². The van der Waals surface area contributed by atoms with Gasteiger partial charge in [0.1, 0.15) is 17.7 Å². The van der Waals surface area contributed by atoms with Crippen LogP contribution in [0.25, 0.3) is 33.6 Å². The summed E-state index contributed by atoms with van der Waals surface area (Å²) in [5, 5.41) is 12.6. The second-order valence-electron chi connectivity index (χ2n) is 15.4. The quantitative estimate of drug-likeness (QED) is 0.114. The first kappa shape index (κ1) is 38.4. The second kappa shape index (κ2) is 16.6. The number of imidazole rings is 2. The predicted molar refractivity (Wildman–Crippen MR) is 216 cm³/mol. The minimum absolute atomic E-state index is 0.0648. The number of likely N-dealkylation sites (tertiary alicyclic amines) is 2. The number of rotatable bonds is 10. The van der Waals surface area contributed by atoms with E-state index in [1.807, 2.05) is 29.3 Å². The van der Waals surface area contributed by atoms with E-state index in [9.17, 15) is 24.3 Å². The van der Waals surface area contributed by atoms with E-state index in [0.717, 1.165) is 89.3 Å². The maximum absolute atomic E-state index is 13.9. The van der Waals surface area contributed by atoms with Crippen LogP contribution in [-0.2, 0) is 14.3 Å². The van der Waals surface area contributed by atoms with Crippen molar-refractivity contribution in [1.29, 1.82) is 0 Å². The van der Waals surface area contributed by atoms with Gasteiger partial charge >= 0.3 is 12.2 Å². The number of likely N-dealkylation sites (N-methyl/N-ethyl adjacent to an activating group) is 1. The number of alkyl carbamates (subject to hydrolysis) is 1. The first-order valence-electron chi connectivity index (χ1n) is 20.0. The Morgan fingerprint density at radius 1 is 0.741 bits per heavy atom. The molecule has 300 valence electrons. The molecule has 14 nitrogen and oxygen atoms in total. The van der Waals surface area contributed by atoms with Gasteiger partial charge in [-0.3, -0.25) is 14.5 Å². The van der Waals surface area contributed by atoms with Crippen LogP contribution in [0.2, 0.25) is 0 Å². The average molecular weight is 785 g/mol. The maximum atomic E-state index is 13.9. The molecule has 2 aliphatic heterocycles. The molecule has 4 N–H and O–H groups in total. The summed E-state index contributed by atoms with van der Waals surface area (Å²) >= 11 is 0. The number of amides is 4. The largest absolute Gasteiger partial charge is 0.465 e. The lowest BCUT2D eigenvalue weighted by atomic mass is 10.0. The lowest BCUT2D eigenvalue weighted by Gasteiger charge is -2.32. The Hall–Kier alpha value is -6.44. The third kappa shape index (κ3) is 7.65. The van der Waals surface area contributed by atoms with Crippen LogP contribution in [0.4, 0.5) is 9.59 Å². The van der Waals surface area contributed by atoms with Gasteiger partial charge in [-0.2, -0.15) is 0 Å². The highest BCUT2D eigenvalue weighted by molar-refractivity contribution is 5.87. The molecule has 1 aliphatic carbocycles. The van der Waals surface area contributed by atoms with Gasteiger partial charge < -0.3 is 34.9 Å². The lowest BCUT2D eigenvalue weighted by Crippen LogP contribution is -2.45. The fraction of sp³-hybridized carbons (Fsp3) is 0.364. The Balaban J connectivity index is 0.919. The molecular formula is C44H48N8O6. The van der Waals surface area contributed by atoms with Crippen LogP contribution in [0.15, 0.2) is 91.3 Å².